The van der Waals surface area contributed by atoms with Gasteiger partial charge in [-0.3, -0.25) is 9.36 Å². The molecule has 11 heteroatoms. The Bertz CT molecular complexity index is 1100. The van der Waals surface area contributed by atoms with Gasteiger partial charge in [0.1, 0.15) is 6.33 Å². The van der Waals surface area contributed by atoms with E-state index in [1.165, 1.54) is 4.68 Å². The van der Waals surface area contributed by atoms with E-state index in [9.17, 15) is 13.2 Å². The molecule has 136 valence electrons. The number of fused-ring (bicyclic) bond motifs is 3. The summed E-state index contributed by atoms with van der Waals surface area (Å²) in [5.74, 6) is 0.271. The van der Waals surface area contributed by atoms with Gasteiger partial charge in [-0.25, -0.2) is 14.5 Å². The average molecular weight is 364 g/mol. The van der Waals surface area contributed by atoms with Crippen molar-refractivity contribution >= 4 is 16.7 Å². The molecule has 0 amide bonds. The molecule has 0 bridgehead atoms. The molecule has 26 heavy (non-hydrogen) atoms. The molecule has 4 heterocycles. The SMILES string of the molecule is Cc1cc(C(F)(F)F)nn1CC(C)c1nc2c3cnn(C)c3ncn2n1. The van der Waals surface area contributed by atoms with Gasteiger partial charge in [0.25, 0.3) is 0 Å². The lowest BCUT2D eigenvalue weighted by Gasteiger charge is -2.09. The van der Waals surface area contributed by atoms with Gasteiger partial charge >= 0.3 is 6.18 Å². The zero-order chi connectivity index (χ0) is 18.6. The van der Waals surface area contributed by atoms with Gasteiger partial charge < -0.3 is 0 Å². The lowest BCUT2D eigenvalue weighted by atomic mass is 10.1. The fraction of sp³-hybridized carbons (Fsp3) is 0.400. The molecule has 1 atom stereocenters. The van der Waals surface area contributed by atoms with E-state index in [1.54, 1.807) is 35.7 Å². The van der Waals surface area contributed by atoms with Gasteiger partial charge in [0.2, 0.25) is 0 Å². The molecule has 0 aliphatic rings. The molecular weight excluding hydrogens is 349 g/mol. The normalized spacial score (nSPS) is 13.8. The molecule has 0 saturated carbocycles. The molecule has 4 aromatic rings. The Morgan fingerprint density at radius 3 is 2.65 bits per heavy atom. The summed E-state index contributed by atoms with van der Waals surface area (Å²) in [5.41, 5.74) is 0.829. The first-order valence-electron chi connectivity index (χ1n) is 7.88. The smallest absolute Gasteiger partial charge is 0.269 e. The molecule has 8 nitrogen and oxygen atoms in total. The van der Waals surface area contributed by atoms with Crippen molar-refractivity contribution in [1.82, 2.24) is 39.1 Å². The highest BCUT2D eigenvalue weighted by Crippen LogP contribution is 2.29. The second-order valence-corrected chi connectivity index (χ2v) is 6.24. The Morgan fingerprint density at radius 1 is 1.19 bits per heavy atom. The number of aryl methyl sites for hydroxylation is 2. The molecule has 0 fully saturated rings. The van der Waals surface area contributed by atoms with Crippen LogP contribution >= 0.6 is 0 Å². The van der Waals surface area contributed by atoms with Crippen LogP contribution in [0.25, 0.3) is 16.7 Å². The third kappa shape index (κ3) is 2.59. The quantitative estimate of drug-likeness (QED) is 0.558. The zero-order valence-corrected chi connectivity index (χ0v) is 14.2. The maximum absolute atomic E-state index is 12.8. The first-order chi connectivity index (χ1) is 12.2. The third-order valence-corrected chi connectivity index (χ3v) is 4.24. The molecule has 1 unspecified atom stereocenters. The first kappa shape index (κ1) is 16.5. The van der Waals surface area contributed by atoms with Crippen molar-refractivity contribution in [2.75, 3.05) is 0 Å². The summed E-state index contributed by atoms with van der Waals surface area (Å²) in [7, 11) is 1.78. The molecule has 0 aromatic carbocycles. The summed E-state index contributed by atoms with van der Waals surface area (Å²) in [6.45, 7) is 3.68. The predicted molar refractivity (Wildman–Crippen MR) is 85.4 cm³/mol. The standard InChI is InChI=1S/C15H15F3N8/c1-8(6-25-9(2)4-11(22-25)15(16,17)18)12-21-14-10-5-20-24(3)13(10)19-7-26(14)23-12/h4-5,7-8H,6H2,1-3H3. The molecule has 0 saturated heterocycles. The fourth-order valence-electron chi connectivity index (χ4n) is 2.84. The van der Waals surface area contributed by atoms with E-state index >= 15 is 0 Å². The Kier molecular flexibility index (Phi) is 3.49. The number of hydrogen-bond acceptors (Lipinski definition) is 5. The number of alkyl halides is 3. The van der Waals surface area contributed by atoms with Gasteiger partial charge in [0.15, 0.2) is 22.8 Å². The predicted octanol–water partition coefficient (Wildman–Crippen LogP) is 2.34. The van der Waals surface area contributed by atoms with Crippen LogP contribution in [0.15, 0.2) is 18.6 Å². The van der Waals surface area contributed by atoms with E-state index in [2.05, 4.69) is 25.3 Å². The van der Waals surface area contributed by atoms with Crippen LogP contribution in [-0.4, -0.2) is 39.1 Å². The van der Waals surface area contributed by atoms with Gasteiger partial charge in [-0.05, 0) is 13.0 Å². The van der Waals surface area contributed by atoms with Crippen molar-refractivity contribution in [2.24, 2.45) is 7.05 Å². The Balaban J connectivity index is 1.67. The lowest BCUT2D eigenvalue weighted by Crippen LogP contribution is -2.12. The van der Waals surface area contributed by atoms with E-state index in [4.69, 9.17) is 0 Å². The molecule has 0 radical (unpaired) electrons. The summed E-state index contributed by atoms with van der Waals surface area (Å²) in [5, 5.41) is 13.0. The monoisotopic (exact) mass is 364 g/mol. The van der Waals surface area contributed by atoms with Crippen LogP contribution in [0.5, 0.6) is 0 Å². The van der Waals surface area contributed by atoms with Crippen LogP contribution in [-0.2, 0) is 19.8 Å². The van der Waals surface area contributed by atoms with Crippen LogP contribution in [0, 0.1) is 6.92 Å². The minimum Gasteiger partial charge on any atom is -0.269 e. The van der Waals surface area contributed by atoms with Crippen molar-refractivity contribution in [1.29, 1.82) is 0 Å². The second kappa shape index (κ2) is 5.51. The van der Waals surface area contributed by atoms with Crippen LogP contribution in [0.2, 0.25) is 0 Å². The van der Waals surface area contributed by atoms with E-state index in [-0.39, 0.29) is 12.5 Å². The van der Waals surface area contributed by atoms with Crippen molar-refractivity contribution in [2.45, 2.75) is 32.5 Å². The van der Waals surface area contributed by atoms with Crippen LogP contribution in [0.4, 0.5) is 13.2 Å². The maximum Gasteiger partial charge on any atom is 0.435 e. The van der Waals surface area contributed by atoms with Crippen LogP contribution in [0.3, 0.4) is 0 Å². The topological polar surface area (TPSA) is 78.7 Å². The van der Waals surface area contributed by atoms with Gasteiger partial charge in [-0.2, -0.15) is 23.4 Å². The van der Waals surface area contributed by atoms with E-state index < -0.39 is 11.9 Å². The van der Waals surface area contributed by atoms with Gasteiger partial charge in [0, 0.05) is 18.7 Å². The molecular formula is C15H15F3N8. The second-order valence-electron chi connectivity index (χ2n) is 6.24. The van der Waals surface area contributed by atoms with E-state index in [0.717, 1.165) is 11.5 Å². The van der Waals surface area contributed by atoms with Crippen LogP contribution in [0.1, 0.15) is 30.1 Å². The zero-order valence-electron chi connectivity index (χ0n) is 14.2. The van der Waals surface area contributed by atoms with Crippen LogP contribution < -0.4 is 0 Å². The summed E-state index contributed by atoms with van der Waals surface area (Å²) < 4.78 is 43.0. The van der Waals surface area contributed by atoms with Crippen molar-refractivity contribution < 1.29 is 13.2 Å². The highest BCUT2D eigenvalue weighted by molar-refractivity contribution is 5.88. The number of halogens is 3. The lowest BCUT2D eigenvalue weighted by molar-refractivity contribution is -0.141. The first-order valence-corrected chi connectivity index (χ1v) is 7.88. The number of hydrogen-bond donors (Lipinski definition) is 0. The molecule has 4 aromatic heterocycles. The minimum atomic E-state index is -4.46. The molecule has 0 aliphatic heterocycles. The van der Waals surface area contributed by atoms with Crippen molar-refractivity contribution in [3.05, 3.63) is 35.8 Å². The Morgan fingerprint density at radius 2 is 1.96 bits per heavy atom. The van der Waals surface area contributed by atoms with Crippen molar-refractivity contribution in [3.63, 3.8) is 0 Å². The number of aromatic nitrogens is 8. The summed E-state index contributed by atoms with van der Waals surface area (Å²) in [6.07, 6.45) is -1.25. The molecule has 0 aliphatic carbocycles. The fourth-order valence-corrected chi connectivity index (χ4v) is 2.84. The van der Waals surface area contributed by atoms with E-state index in [1.807, 2.05) is 6.92 Å². The highest BCUT2D eigenvalue weighted by Gasteiger charge is 2.34. The largest absolute Gasteiger partial charge is 0.435 e. The summed E-state index contributed by atoms with van der Waals surface area (Å²) in [4.78, 5) is 8.82. The Labute approximate surface area is 145 Å². The van der Waals surface area contributed by atoms with Gasteiger partial charge in [-0.1, -0.05) is 6.92 Å². The van der Waals surface area contributed by atoms with Crippen molar-refractivity contribution in [3.8, 4) is 0 Å². The van der Waals surface area contributed by atoms with Gasteiger partial charge in [-0.15, -0.1) is 5.10 Å². The minimum absolute atomic E-state index is 0.235. The molecule has 0 spiro atoms. The Hall–Kier alpha value is -2.98. The number of rotatable bonds is 3. The van der Waals surface area contributed by atoms with E-state index in [0.29, 0.717) is 22.8 Å². The maximum atomic E-state index is 12.8. The summed E-state index contributed by atoms with van der Waals surface area (Å²) >= 11 is 0. The number of nitrogens with zero attached hydrogens (tertiary/aromatic N) is 8. The summed E-state index contributed by atoms with van der Waals surface area (Å²) in [6, 6.07) is 1.03. The molecule has 4 rings (SSSR count). The molecule has 0 N–H and O–H groups in total. The highest BCUT2D eigenvalue weighted by atomic mass is 19.4. The third-order valence-electron chi connectivity index (χ3n) is 4.24. The average Bonchev–Trinajstić information content (AvgIpc) is 3.24. The van der Waals surface area contributed by atoms with Gasteiger partial charge in [0.05, 0.1) is 18.1 Å².